The molecule has 0 amide bonds. The first kappa shape index (κ1) is 93.3. The number of benzene rings is 7. The minimum absolute atomic E-state index is 0.00725. The number of esters is 4. The molecule has 0 atom stereocenters. The molecule has 7 aromatic rings. The average Bonchev–Trinajstić information content (AvgIpc) is 0.683. The fourth-order valence-electron chi connectivity index (χ4n) is 16.1. The Hall–Kier alpha value is -7.88. The van der Waals surface area contributed by atoms with Crippen LogP contribution >= 0.6 is 13.7 Å². The first-order valence-corrected chi connectivity index (χ1v) is 46.4. The van der Waals surface area contributed by atoms with E-state index in [4.69, 9.17) is 32.5 Å². The average molecular weight is 1620 g/mol. The molecule has 0 N–H and O–H groups in total. The number of halogens is 6. The number of ether oxygens (including phenoxy) is 4. The quantitative estimate of drug-likeness (QED) is 0.00415. The van der Waals surface area contributed by atoms with E-state index in [1.54, 1.807) is 182 Å². The van der Waals surface area contributed by atoms with Crippen LogP contribution < -0.4 is 36.5 Å². The number of alkyl halides is 6. The van der Waals surface area contributed by atoms with E-state index in [0.29, 0.717) is 69.6 Å². The van der Waals surface area contributed by atoms with Gasteiger partial charge < -0.3 is 0 Å². The van der Waals surface area contributed by atoms with Gasteiger partial charge in [-0.25, -0.2) is 0 Å². The van der Waals surface area contributed by atoms with Crippen molar-refractivity contribution in [3.63, 3.8) is 0 Å². The number of methoxy groups -OCH3 is 4. The van der Waals surface area contributed by atoms with Crippen molar-refractivity contribution in [2.45, 2.75) is 245 Å². The summed E-state index contributed by atoms with van der Waals surface area (Å²) in [4.78, 5) is 59.7. The van der Waals surface area contributed by atoms with Crippen molar-refractivity contribution in [3.05, 3.63) is 234 Å². The van der Waals surface area contributed by atoms with Gasteiger partial charge in [-0.3, -0.25) is 0 Å². The fourth-order valence-corrected chi connectivity index (χ4v) is 27.8. The van der Waals surface area contributed by atoms with Crippen LogP contribution in [-0.4, -0.2) is 72.0 Å². The zero-order valence-electron chi connectivity index (χ0n) is 68.2. The van der Waals surface area contributed by atoms with Gasteiger partial charge in [0.25, 0.3) is 0 Å². The molecule has 0 aliphatic rings. The number of unbranched alkanes of at least 4 members (excludes halogenated alkanes) is 30. The van der Waals surface area contributed by atoms with E-state index in [1.165, 1.54) is 116 Å². The molecule has 0 bridgehead atoms. The second-order valence-electron chi connectivity index (χ2n) is 30.1. The molecule has 0 saturated carbocycles. The molecular formula is C94H123BF6O11P2. The second-order valence-corrected chi connectivity index (χ2v) is 39.1. The second kappa shape index (κ2) is 48.0. The van der Waals surface area contributed by atoms with Crippen molar-refractivity contribution < 1.29 is 78.0 Å². The number of carbonyl (C=O) groups is 4. The molecule has 0 unspecified atom stereocenters. The predicted molar refractivity (Wildman–Crippen MR) is 455 cm³/mol. The zero-order valence-corrected chi connectivity index (χ0v) is 70.0. The van der Waals surface area contributed by atoms with E-state index in [1.807, 2.05) is 0 Å². The third kappa shape index (κ3) is 25.6. The maximum atomic E-state index is 15.7. The Kier molecular flexibility index (Phi) is 39.3. The van der Waals surface area contributed by atoms with Gasteiger partial charge in [-0.2, -0.15) is 0 Å². The Morgan fingerprint density at radius 2 is 0.500 bits per heavy atom. The molecule has 0 saturated heterocycles. The minimum atomic E-state index is -5.63. The van der Waals surface area contributed by atoms with E-state index in [2.05, 4.69) is 13.8 Å². The summed E-state index contributed by atoms with van der Waals surface area (Å²) in [5.74, 6) is -5.13. The van der Waals surface area contributed by atoms with Crippen LogP contribution in [0.1, 0.15) is 243 Å². The van der Waals surface area contributed by atoms with Crippen molar-refractivity contribution in [3.8, 4) is 5.75 Å². The molecule has 7 rings (SSSR count). The van der Waals surface area contributed by atoms with Gasteiger partial charge in [-0.15, -0.1) is 0 Å². The van der Waals surface area contributed by atoms with Gasteiger partial charge in [0.05, 0.1) is 0 Å². The molecular weight excluding hydrogens is 1490 g/mol. The van der Waals surface area contributed by atoms with Crippen LogP contribution in [0.4, 0.5) is 26.3 Å². The maximum absolute atomic E-state index is 15.7. The fraction of sp³-hybridized carbons (Fsp3) is 0.468. The Bertz CT molecular complexity index is 3560. The molecule has 0 aromatic heterocycles. The summed E-state index contributed by atoms with van der Waals surface area (Å²) in [5, 5.41) is 2.33. The standard InChI is InChI=1S/C94H123BF6O11P2/c1-7-9-11-13-15-17-19-21-23-25-27-29-31-33-35-43-57-76(87(89(102)106-3)90(103)107-4)74-113(81-59-45-37-46-60-81,82-61-47-38-48-62-82,83-63-49-39-50-64-83)111-95(110-80-72-78(93(96,97)98)71-79(73-80)94(99,100)101)112-114(84-65-51-40-52-66-84,85-67-53-41-54-68-85,86-69-55-42-56-70-86)75-77(88(91(104)108-5)92(105)109-6)58-44-36-34-32-30-28-26-24-22-20-18-16-14-12-10-8-2/h37-42,45-56,59-73H,7-36,43-44,57-58,74-75H2,1-6H3. The third-order valence-corrected chi connectivity index (χ3v) is 33.7. The predicted octanol–water partition coefficient (Wildman–Crippen LogP) is 23.6. The first-order valence-electron chi connectivity index (χ1n) is 41.7. The van der Waals surface area contributed by atoms with E-state index in [0.717, 1.165) is 92.6 Å². The normalized spacial score (nSPS) is 12.5. The summed E-state index contributed by atoms with van der Waals surface area (Å²) in [7, 11) is 2.07. The molecule has 20 heteroatoms. The van der Waals surface area contributed by atoms with Crippen molar-refractivity contribution in [2.24, 2.45) is 0 Å². The summed E-state index contributed by atoms with van der Waals surface area (Å²) in [5.41, 5.74) is -3.93. The zero-order chi connectivity index (χ0) is 82.0. The molecule has 0 aliphatic carbocycles. The first-order chi connectivity index (χ1) is 55.2. The number of carbonyl (C=O) groups excluding carboxylic acids is 4. The van der Waals surface area contributed by atoms with Gasteiger partial charge in [0.2, 0.25) is 0 Å². The molecule has 0 aliphatic heterocycles. The third-order valence-electron chi connectivity index (χ3n) is 22.2. The van der Waals surface area contributed by atoms with Gasteiger partial charge in [0, 0.05) is 0 Å². The molecule has 0 fully saturated rings. The molecule has 0 radical (unpaired) electrons. The van der Waals surface area contributed by atoms with Crippen LogP contribution in [0.3, 0.4) is 0 Å². The van der Waals surface area contributed by atoms with E-state index in [-0.39, 0.29) is 30.1 Å². The van der Waals surface area contributed by atoms with Gasteiger partial charge in [0.15, 0.2) is 0 Å². The number of allylic oxidation sites excluding steroid dienone is 2. The number of hydrogen-bond donors (Lipinski definition) is 0. The molecule has 0 spiro atoms. The van der Waals surface area contributed by atoms with Crippen LogP contribution in [0.25, 0.3) is 0 Å². The Morgan fingerprint density at radius 3 is 0.693 bits per heavy atom. The molecule has 620 valence electrons. The summed E-state index contributed by atoms with van der Waals surface area (Å²) in [6, 6.07) is 54.3. The van der Waals surface area contributed by atoms with Gasteiger partial charge in [-0.1, -0.05) is 104 Å². The van der Waals surface area contributed by atoms with E-state index >= 15 is 26.3 Å². The number of hydrogen-bond acceptors (Lipinski definition) is 11. The van der Waals surface area contributed by atoms with E-state index < -0.39 is 97.6 Å². The molecule has 0 heterocycles. The molecule has 11 nitrogen and oxygen atoms in total. The van der Waals surface area contributed by atoms with Crippen LogP contribution in [0, 0.1) is 0 Å². The summed E-state index contributed by atoms with van der Waals surface area (Å²) >= 11 is 0. The molecule has 7 aromatic carbocycles. The van der Waals surface area contributed by atoms with Gasteiger partial charge in [-0.05, 0) is 0 Å². The van der Waals surface area contributed by atoms with Crippen LogP contribution in [0.15, 0.2) is 222 Å². The van der Waals surface area contributed by atoms with Gasteiger partial charge >= 0.3 is 576 Å². The summed E-state index contributed by atoms with van der Waals surface area (Å²) in [6.45, 7) is -6.81. The Balaban J connectivity index is 1.53. The van der Waals surface area contributed by atoms with Crippen LogP contribution in [-0.2, 0) is 59.4 Å². The number of rotatable bonds is 54. The SMILES string of the molecule is CCCCCCCCCCCCCCCCCCC(CP(OB(Oc1cc(C(F)(F)F)cc(C(F)(F)F)c1)OP(CC(CCCCCCCCCCCCCCCCCC)=C(C(=O)OC)C(=O)OC)(c1ccccc1)(c1ccccc1)c1ccccc1)(c1ccccc1)(c1ccccc1)c1ccccc1)=C(C(=O)OC)C(=O)OC. The topological polar surface area (TPSA) is 133 Å². The summed E-state index contributed by atoms with van der Waals surface area (Å²) in [6.07, 6.45) is 23.1. The van der Waals surface area contributed by atoms with Crippen LogP contribution in [0.2, 0.25) is 0 Å². The van der Waals surface area contributed by atoms with Crippen molar-refractivity contribution in [1.82, 2.24) is 0 Å². The van der Waals surface area contributed by atoms with Crippen molar-refractivity contribution in [2.75, 3.05) is 40.8 Å². The summed E-state index contributed by atoms with van der Waals surface area (Å²) < 4.78 is 140. The molecule has 114 heavy (non-hydrogen) atoms. The Morgan fingerprint density at radius 1 is 0.298 bits per heavy atom. The van der Waals surface area contributed by atoms with Crippen molar-refractivity contribution in [1.29, 1.82) is 0 Å². The van der Waals surface area contributed by atoms with E-state index in [9.17, 15) is 19.2 Å². The van der Waals surface area contributed by atoms with Crippen LogP contribution in [0.5, 0.6) is 5.75 Å². The van der Waals surface area contributed by atoms with Gasteiger partial charge in [0.1, 0.15) is 0 Å². The monoisotopic (exact) mass is 1610 g/mol. The van der Waals surface area contributed by atoms with Crippen molar-refractivity contribution >= 4 is 76.7 Å². The Labute approximate surface area is 675 Å².